The van der Waals surface area contributed by atoms with E-state index < -0.39 is 0 Å². The molecular formula is C3H9NO2. The lowest BCUT2D eigenvalue weighted by atomic mass is 10.8. The van der Waals surface area contributed by atoms with Crippen LogP contribution in [0.1, 0.15) is 0 Å². The minimum atomic E-state index is 0.0703. The van der Waals surface area contributed by atoms with Gasteiger partial charge in [0.15, 0.2) is 0 Å². The fourth-order valence-corrected chi connectivity index (χ4v) is 0.148. The standard InChI is InChI=1S/C3H9NO2/c1-4-6-3-2-5/h4-5H,2-3H2,1H3. The molecule has 0 aromatic rings. The number of aliphatic hydroxyl groups is 1. The Kier molecular flexibility index (Phi) is 4.78. The smallest absolute Gasteiger partial charge is 0.0913 e. The molecule has 0 saturated heterocycles. The molecule has 0 bridgehead atoms. The van der Waals surface area contributed by atoms with E-state index in [1.54, 1.807) is 7.05 Å². The van der Waals surface area contributed by atoms with Crippen LogP contribution >= 0.6 is 0 Å². The van der Waals surface area contributed by atoms with Crippen LogP contribution in [0.4, 0.5) is 0 Å². The maximum Gasteiger partial charge on any atom is 0.0913 e. The molecule has 0 spiro atoms. The zero-order valence-electron chi connectivity index (χ0n) is 3.77. The number of nitrogens with one attached hydrogen (secondary N) is 1. The number of hydrogen-bond donors (Lipinski definition) is 2. The van der Waals surface area contributed by atoms with Crippen molar-refractivity contribution in [2.24, 2.45) is 0 Å². The van der Waals surface area contributed by atoms with E-state index >= 15 is 0 Å². The van der Waals surface area contributed by atoms with Gasteiger partial charge in [0.2, 0.25) is 0 Å². The highest BCUT2D eigenvalue weighted by atomic mass is 16.6. The molecule has 0 aromatic carbocycles. The molecule has 0 saturated carbocycles. The van der Waals surface area contributed by atoms with Gasteiger partial charge in [-0.1, -0.05) is 0 Å². The molecule has 0 unspecified atom stereocenters. The topological polar surface area (TPSA) is 41.5 Å². The molecule has 0 amide bonds. The maximum atomic E-state index is 8.03. The lowest BCUT2D eigenvalue weighted by molar-refractivity contribution is 0.0314. The quantitative estimate of drug-likeness (QED) is 0.350. The molecule has 0 aliphatic rings. The first-order chi connectivity index (χ1) is 2.91. The first kappa shape index (κ1) is 5.88. The number of hydrogen-bond acceptors (Lipinski definition) is 3. The van der Waals surface area contributed by atoms with Crippen LogP contribution in [0, 0.1) is 0 Å². The second kappa shape index (κ2) is 4.88. The van der Waals surface area contributed by atoms with E-state index in [-0.39, 0.29) is 6.61 Å². The Balaban J connectivity index is 2.34. The molecule has 0 aliphatic heterocycles. The lowest BCUT2D eigenvalue weighted by Gasteiger charge is -1.92. The van der Waals surface area contributed by atoms with Crippen LogP contribution < -0.4 is 5.48 Å². The Morgan fingerprint density at radius 2 is 2.50 bits per heavy atom. The highest BCUT2D eigenvalue weighted by Crippen LogP contribution is 1.57. The number of hydroxylamine groups is 1. The van der Waals surface area contributed by atoms with Gasteiger partial charge in [-0.3, -0.25) is 4.84 Å². The highest BCUT2D eigenvalue weighted by Gasteiger charge is 1.72. The molecule has 0 heterocycles. The van der Waals surface area contributed by atoms with Crippen molar-refractivity contribution < 1.29 is 9.94 Å². The van der Waals surface area contributed by atoms with Gasteiger partial charge in [-0.05, 0) is 0 Å². The zero-order valence-corrected chi connectivity index (χ0v) is 3.77. The first-order valence-corrected chi connectivity index (χ1v) is 1.81. The van der Waals surface area contributed by atoms with Crippen molar-refractivity contribution in [2.45, 2.75) is 0 Å². The van der Waals surface area contributed by atoms with Gasteiger partial charge in [0, 0.05) is 7.05 Å². The molecule has 0 fully saturated rings. The molecule has 0 radical (unpaired) electrons. The second-order valence-corrected chi connectivity index (χ2v) is 0.776. The lowest BCUT2D eigenvalue weighted by Crippen LogP contribution is -2.10. The van der Waals surface area contributed by atoms with Gasteiger partial charge in [-0.25, -0.2) is 5.48 Å². The number of aliphatic hydroxyl groups excluding tert-OH is 1. The molecule has 0 rings (SSSR count). The third-order valence-corrected chi connectivity index (χ3v) is 0.338. The summed E-state index contributed by atoms with van der Waals surface area (Å²) in [5.41, 5.74) is 2.41. The molecule has 38 valence electrons. The first-order valence-electron chi connectivity index (χ1n) is 1.81. The third kappa shape index (κ3) is 3.88. The fraction of sp³-hybridized carbons (Fsp3) is 1.00. The molecule has 0 aliphatic carbocycles. The van der Waals surface area contributed by atoms with E-state index in [1.807, 2.05) is 0 Å². The Hall–Kier alpha value is -0.120. The van der Waals surface area contributed by atoms with Crippen LogP contribution in [0.5, 0.6) is 0 Å². The van der Waals surface area contributed by atoms with Crippen LogP contribution in [0.3, 0.4) is 0 Å². The van der Waals surface area contributed by atoms with Gasteiger partial charge in [0.25, 0.3) is 0 Å². The van der Waals surface area contributed by atoms with Crippen molar-refractivity contribution in [3.63, 3.8) is 0 Å². The van der Waals surface area contributed by atoms with Gasteiger partial charge in [0.05, 0.1) is 13.2 Å². The summed E-state index contributed by atoms with van der Waals surface area (Å²) in [5, 5.41) is 8.03. The summed E-state index contributed by atoms with van der Waals surface area (Å²) < 4.78 is 0. The third-order valence-electron chi connectivity index (χ3n) is 0.338. The molecule has 6 heavy (non-hydrogen) atoms. The molecule has 3 nitrogen and oxygen atoms in total. The second-order valence-electron chi connectivity index (χ2n) is 0.776. The summed E-state index contributed by atoms with van der Waals surface area (Å²) in [6.07, 6.45) is 0. The fourth-order valence-electron chi connectivity index (χ4n) is 0.148. The van der Waals surface area contributed by atoms with Crippen LogP contribution in [0.2, 0.25) is 0 Å². The predicted molar refractivity (Wildman–Crippen MR) is 22.1 cm³/mol. The molecule has 0 aromatic heterocycles. The molecule has 2 N–H and O–H groups in total. The molecule has 3 heteroatoms. The van der Waals surface area contributed by atoms with Crippen molar-refractivity contribution in [1.29, 1.82) is 0 Å². The SMILES string of the molecule is CNOCCO. The van der Waals surface area contributed by atoms with Crippen LogP contribution in [0.15, 0.2) is 0 Å². The van der Waals surface area contributed by atoms with Crippen LogP contribution in [-0.4, -0.2) is 25.4 Å². The monoisotopic (exact) mass is 91.1 g/mol. The summed E-state index contributed by atoms with van der Waals surface area (Å²) >= 11 is 0. The largest absolute Gasteiger partial charge is 0.394 e. The van der Waals surface area contributed by atoms with E-state index in [9.17, 15) is 0 Å². The van der Waals surface area contributed by atoms with Crippen molar-refractivity contribution >= 4 is 0 Å². The van der Waals surface area contributed by atoms with Gasteiger partial charge >= 0.3 is 0 Å². The summed E-state index contributed by atoms with van der Waals surface area (Å²) in [4.78, 5) is 4.48. The summed E-state index contributed by atoms with van der Waals surface area (Å²) in [7, 11) is 1.65. The van der Waals surface area contributed by atoms with Crippen molar-refractivity contribution in [3.05, 3.63) is 0 Å². The van der Waals surface area contributed by atoms with Gasteiger partial charge < -0.3 is 5.11 Å². The van der Waals surface area contributed by atoms with Gasteiger partial charge in [-0.15, -0.1) is 0 Å². The van der Waals surface area contributed by atoms with Crippen LogP contribution in [-0.2, 0) is 4.84 Å². The Morgan fingerprint density at radius 1 is 1.83 bits per heavy atom. The van der Waals surface area contributed by atoms with E-state index in [0.29, 0.717) is 6.61 Å². The van der Waals surface area contributed by atoms with Crippen molar-refractivity contribution in [1.82, 2.24) is 5.48 Å². The predicted octanol–water partition coefficient (Wildman–Crippen LogP) is -0.870. The van der Waals surface area contributed by atoms with E-state index in [4.69, 9.17) is 5.11 Å². The zero-order chi connectivity index (χ0) is 4.83. The molecule has 0 atom stereocenters. The summed E-state index contributed by atoms with van der Waals surface area (Å²) in [6, 6.07) is 0. The Bertz CT molecular complexity index is 20.8. The van der Waals surface area contributed by atoms with Gasteiger partial charge in [-0.2, -0.15) is 0 Å². The summed E-state index contributed by atoms with van der Waals surface area (Å²) in [6.45, 7) is 0.428. The Labute approximate surface area is 36.9 Å². The Morgan fingerprint density at radius 3 is 2.67 bits per heavy atom. The normalized spacial score (nSPS) is 9.00. The maximum absolute atomic E-state index is 8.03. The van der Waals surface area contributed by atoms with Crippen LogP contribution in [0.25, 0.3) is 0 Å². The minimum absolute atomic E-state index is 0.0703. The van der Waals surface area contributed by atoms with Crippen molar-refractivity contribution in [3.8, 4) is 0 Å². The summed E-state index contributed by atoms with van der Waals surface area (Å²) in [5.74, 6) is 0. The number of rotatable bonds is 3. The average Bonchev–Trinajstić information content (AvgIpc) is 1.61. The van der Waals surface area contributed by atoms with E-state index in [1.165, 1.54) is 0 Å². The molecular weight excluding hydrogens is 82.0 g/mol. The minimum Gasteiger partial charge on any atom is -0.394 e. The van der Waals surface area contributed by atoms with E-state index in [0.717, 1.165) is 0 Å². The van der Waals surface area contributed by atoms with Crippen molar-refractivity contribution in [2.75, 3.05) is 20.3 Å². The highest BCUT2D eigenvalue weighted by molar-refractivity contribution is 4.13. The average molecular weight is 91.1 g/mol. The van der Waals surface area contributed by atoms with Gasteiger partial charge in [0.1, 0.15) is 0 Å². The van der Waals surface area contributed by atoms with E-state index in [2.05, 4.69) is 10.3 Å².